The summed E-state index contributed by atoms with van der Waals surface area (Å²) in [5, 5.41) is 0. The maximum atomic E-state index is 13.2. The minimum atomic E-state index is -0.217. The quantitative estimate of drug-likeness (QED) is 0.760. The van der Waals surface area contributed by atoms with Crippen LogP contribution in [0.15, 0.2) is 22.7 Å². The van der Waals surface area contributed by atoms with Gasteiger partial charge in [0.2, 0.25) is 0 Å². The van der Waals surface area contributed by atoms with E-state index >= 15 is 0 Å². The van der Waals surface area contributed by atoms with Gasteiger partial charge in [-0.25, -0.2) is 4.39 Å². The zero-order valence-corrected chi connectivity index (χ0v) is 12.8. The van der Waals surface area contributed by atoms with E-state index in [1.807, 2.05) is 12.1 Å². The molecule has 4 heteroatoms. The van der Waals surface area contributed by atoms with Crippen LogP contribution in [0.5, 0.6) is 0 Å². The first-order valence-corrected chi connectivity index (χ1v) is 6.97. The number of methoxy groups -OCH3 is 1. The Kier molecular flexibility index (Phi) is 6.82. The van der Waals surface area contributed by atoms with Crippen molar-refractivity contribution in [3.63, 3.8) is 0 Å². The molecule has 0 aromatic heterocycles. The summed E-state index contributed by atoms with van der Waals surface area (Å²) in [6.45, 7) is 7.83. The molecule has 2 nitrogen and oxygen atoms in total. The van der Waals surface area contributed by atoms with Crippen molar-refractivity contribution in [3.05, 3.63) is 34.1 Å². The van der Waals surface area contributed by atoms with Crippen LogP contribution in [0.1, 0.15) is 19.4 Å². The molecule has 0 saturated carbocycles. The average Bonchev–Trinajstić information content (AvgIpc) is 2.30. The lowest BCUT2D eigenvalue weighted by Gasteiger charge is -2.24. The van der Waals surface area contributed by atoms with Crippen molar-refractivity contribution in [2.45, 2.75) is 20.4 Å². The van der Waals surface area contributed by atoms with Crippen molar-refractivity contribution in [1.29, 1.82) is 0 Å². The first-order chi connectivity index (χ1) is 8.52. The van der Waals surface area contributed by atoms with Crippen molar-refractivity contribution < 1.29 is 9.13 Å². The van der Waals surface area contributed by atoms with Crippen molar-refractivity contribution in [1.82, 2.24) is 4.90 Å². The molecule has 1 aromatic carbocycles. The third kappa shape index (κ3) is 5.46. The van der Waals surface area contributed by atoms with E-state index in [4.69, 9.17) is 4.74 Å². The summed E-state index contributed by atoms with van der Waals surface area (Å²) < 4.78 is 18.8. The maximum Gasteiger partial charge on any atom is 0.137 e. The van der Waals surface area contributed by atoms with Crippen molar-refractivity contribution in [2.24, 2.45) is 5.92 Å². The second kappa shape index (κ2) is 7.87. The Hall–Kier alpha value is -0.450. The molecule has 0 spiro atoms. The summed E-state index contributed by atoms with van der Waals surface area (Å²) in [6, 6.07) is 5.18. The maximum absolute atomic E-state index is 13.2. The first-order valence-electron chi connectivity index (χ1n) is 6.18. The van der Waals surface area contributed by atoms with Gasteiger partial charge in [0.05, 0.1) is 11.1 Å². The predicted molar refractivity (Wildman–Crippen MR) is 76.1 cm³/mol. The van der Waals surface area contributed by atoms with Gasteiger partial charge in [0.15, 0.2) is 0 Å². The number of rotatable bonds is 7. The van der Waals surface area contributed by atoms with Gasteiger partial charge in [-0.15, -0.1) is 0 Å². The highest BCUT2D eigenvalue weighted by molar-refractivity contribution is 9.10. The molecule has 0 bridgehead atoms. The van der Waals surface area contributed by atoms with E-state index in [-0.39, 0.29) is 5.82 Å². The molecule has 0 N–H and O–H groups in total. The fourth-order valence-corrected chi connectivity index (χ4v) is 2.29. The Morgan fingerprint density at radius 3 is 2.67 bits per heavy atom. The molecule has 0 amide bonds. The van der Waals surface area contributed by atoms with Gasteiger partial charge in [-0.2, -0.15) is 0 Å². The molecule has 0 heterocycles. The normalized spacial score (nSPS) is 11.5. The Bertz CT molecular complexity index is 371. The van der Waals surface area contributed by atoms with Crippen LogP contribution in [-0.4, -0.2) is 31.7 Å². The van der Waals surface area contributed by atoms with Crippen molar-refractivity contribution in [3.8, 4) is 0 Å². The van der Waals surface area contributed by atoms with E-state index in [0.29, 0.717) is 10.4 Å². The molecule has 0 aliphatic rings. The molecule has 0 unspecified atom stereocenters. The molecular weight excluding hydrogens is 297 g/mol. The van der Waals surface area contributed by atoms with Crippen LogP contribution >= 0.6 is 15.9 Å². The molecule has 1 rings (SSSR count). The number of halogens is 2. The number of hydrogen-bond donors (Lipinski definition) is 0. The van der Waals surface area contributed by atoms with Crippen LogP contribution in [0, 0.1) is 11.7 Å². The molecule has 0 fully saturated rings. The largest absolute Gasteiger partial charge is 0.383 e. The topological polar surface area (TPSA) is 12.5 Å². The summed E-state index contributed by atoms with van der Waals surface area (Å²) in [5.41, 5.74) is 1.11. The molecular formula is C14H21BrFNO. The van der Waals surface area contributed by atoms with Gasteiger partial charge in [-0.3, -0.25) is 4.90 Å². The predicted octanol–water partition coefficient (Wildman–Crippen LogP) is 3.69. The van der Waals surface area contributed by atoms with E-state index in [1.165, 1.54) is 6.07 Å². The molecule has 0 aliphatic carbocycles. The molecule has 0 radical (unpaired) electrons. The zero-order chi connectivity index (χ0) is 13.5. The van der Waals surface area contributed by atoms with Gasteiger partial charge in [0, 0.05) is 26.7 Å². The lowest BCUT2D eigenvalue weighted by Crippen LogP contribution is -2.30. The smallest absolute Gasteiger partial charge is 0.137 e. The Balaban J connectivity index is 2.65. The summed E-state index contributed by atoms with van der Waals surface area (Å²) >= 11 is 3.22. The second-order valence-electron chi connectivity index (χ2n) is 4.87. The number of ether oxygens (including phenoxy) is 1. The summed E-state index contributed by atoms with van der Waals surface area (Å²) in [4.78, 5) is 2.33. The van der Waals surface area contributed by atoms with Crippen LogP contribution in [0.25, 0.3) is 0 Å². The Labute approximate surface area is 117 Å². The zero-order valence-electron chi connectivity index (χ0n) is 11.2. The lowest BCUT2D eigenvalue weighted by molar-refractivity contribution is 0.136. The molecule has 1 aromatic rings. The van der Waals surface area contributed by atoms with Gasteiger partial charge in [-0.1, -0.05) is 19.9 Å². The molecule has 0 saturated heterocycles. The van der Waals surface area contributed by atoms with Crippen LogP contribution in [-0.2, 0) is 11.3 Å². The van der Waals surface area contributed by atoms with Crippen LogP contribution < -0.4 is 0 Å². The molecule has 102 valence electrons. The Morgan fingerprint density at radius 1 is 1.39 bits per heavy atom. The fourth-order valence-electron chi connectivity index (χ4n) is 1.87. The standard InChI is InChI=1S/C14H21BrFNO/c1-11(2)9-17(6-7-18-3)10-12-4-5-14(16)13(15)8-12/h4-5,8,11H,6-7,9-10H2,1-3H3. The summed E-state index contributed by atoms with van der Waals surface area (Å²) in [5.74, 6) is 0.386. The first kappa shape index (κ1) is 15.6. The lowest BCUT2D eigenvalue weighted by atomic mass is 10.1. The summed E-state index contributed by atoms with van der Waals surface area (Å²) in [7, 11) is 1.71. The van der Waals surface area contributed by atoms with Gasteiger partial charge in [0.1, 0.15) is 5.82 Å². The molecule has 18 heavy (non-hydrogen) atoms. The number of hydrogen-bond acceptors (Lipinski definition) is 2. The van der Waals surface area contributed by atoms with E-state index in [2.05, 4.69) is 34.7 Å². The van der Waals surface area contributed by atoms with Gasteiger partial charge < -0.3 is 4.74 Å². The fraction of sp³-hybridized carbons (Fsp3) is 0.571. The number of benzene rings is 1. The highest BCUT2D eigenvalue weighted by atomic mass is 79.9. The van der Waals surface area contributed by atoms with Crippen LogP contribution in [0.2, 0.25) is 0 Å². The Morgan fingerprint density at radius 2 is 2.11 bits per heavy atom. The van der Waals surface area contributed by atoms with Gasteiger partial charge in [0.25, 0.3) is 0 Å². The monoisotopic (exact) mass is 317 g/mol. The van der Waals surface area contributed by atoms with E-state index in [0.717, 1.165) is 31.8 Å². The molecule has 0 atom stereocenters. The summed E-state index contributed by atoms with van der Waals surface area (Å²) in [6.07, 6.45) is 0. The average molecular weight is 318 g/mol. The third-order valence-electron chi connectivity index (χ3n) is 2.63. The van der Waals surface area contributed by atoms with Gasteiger partial charge in [-0.05, 0) is 39.5 Å². The minimum absolute atomic E-state index is 0.217. The highest BCUT2D eigenvalue weighted by Crippen LogP contribution is 2.18. The SMILES string of the molecule is COCCN(Cc1ccc(F)c(Br)c1)CC(C)C. The highest BCUT2D eigenvalue weighted by Gasteiger charge is 2.09. The minimum Gasteiger partial charge on any atom is -0.383 e. The van der Waals surface area contributed by atoms with Crippen molar-refractivity contribution >= 4 is 15.9 Å². The molecule has 0 aliphatic heterocycles. The van der Waals surface area contributed by atoms with Crippen molar-refractivity contribution in [2.75, 3.05) is 26.8 Å². The number of nitrogens with zero attached hydrogens (tertiary/aromatic N) is 1. The van der Waals surface area contributed by atoms with E-state index in [9.17, 15) is 4.39 Å². The van der Waals surface area contributed by atoms with E-state index < -0.39 is 0 Å². The van der Waals surface area contributed by atoms with Crippen LogP contribution in [0.4, 0.5) is 4.39 Å². The second-order valence-corrected chi connectivity index (χ2v) is 5.72. The van der Waals surface area contributed by atoms with E-state index in [1.54, 1.807) is 7.11 Å². The van der Waals surface area contributed by atoms with Gasteiger partial charge >= 0.3 is 0 Å². The van der Waals surface area contributed by atoms with Crippen LogP contribution in [0.3, 0.4) is 0 Å². The third-order valence-corrected chi connectivity index (χ3v) is 3.23.